The number of rotatable bonds is 7. The summed E-state index contributed by atoms with van der Waals surface area (Å²) in [7, 11) is -3.64. The number of nitro benzene ring substituents is 1. The molecular formula is C12H17FN2O5S. The van der Waals surface area contributed by atoms with Crippen molar-refractivity contribution < 1.29 is 22.5 Å². The van der Waals surface area contributed by atoms with Gasteiger partial charge in [0.2, 0.25) is 10.0 Å². The molecule has 1 rings (SSSR count). The Labute approximate surface area is 122 Å². The number of aryl methyl sites for hydroxylation is 1. The van der Waals surface area contributed by atoms with Crippen LogP contribution in [0.5, 0.6) is 5.75 Å². The van der Waals surface area contributed by atoms with Gasteiger partial charge in [-0.15, -0.1) is 0 Å². The Morgan fingerprint density at radius 2 is 2.10 bits per heavy atom. The third-order valence-corrected chi connectivity index (χ3v) is 3.90. The highest BCUT2D eigenvalue weighted by Gasteiger charge is 2.19. The highest BCUT2D eigenvalue weighted by molar-refractivity contribution is 7.89. The van der Waals surface area contributed by atoms with E-state index in [1.165, 1.54) is 13.0 Å². The number of primary sulfonamides is 1. The molecule has 1 aromatic rings. The van der Waals surface area contributed by atoms with Crippen LogP contribution in [0, 0.1) is 28.8 Å². The smallest absolute Gasteiger partial charge is 0.275 e. The molecule has 0 spiro atoms. The Balaban J connectivity index is 2.84. The highest BCUT2D eigenvalue weighted by Crippen LogP contribution is 2.27. The van der Waals surface area contributed by atoms with Crippen LogP contribution in [0.4, 0.5) is 10.1 Å². The molecule has 2 N–H and O–H groups in total. The molecule has 0 amide bonds. The topological polar surface area (TPSA) is 113 Å². The van der Waals surface area contributed by atoms with Crippen molar-refractivity contribution >= 4 is 15.7 Å². The predicted molar refractivity (Wildman–Crippen MR) is 75.0 cm³/mol. The van der Waals surface area contributed by atoms with E-state index < -0.39 is 20.8 Å². The molecule has 0 aliphatic carbocycles. The van der Waals surface area contributed by atoms with E-state index in [0.717, 1.165) is 6.07 Å². The summed E-state index contributed by atoms with van der Waals surface area (Å²) >= 11 is 0. The van der Waals surface area contributed by atoms with Gasteiger partial charge in [0, 0.05) is 11.5 Å². The van der Waals surface area contributed by atoms with Gasteiger partial charge in [0.15, 0.2) is 11.6 Å². The first-order valence-corrected chi connectivity index (χ1v) is 7.93. The lowest BCUT2D eigenvalue weighted by Gasteiger charge is -2.15. The Bertz CT molecular complexity index is 633. The molecule has 21 heavy (non-hydrogen) atoms. The molecule has 0 aliphatic rings. The quantitative estimate of drug-likeness (QED) is 0.607. The Morgan fingerprint density at radius 1 is 1.48 bits per heavy atom. The molecule has 1 atom stereocenters. The molecular weight excluding hydrogens is 303 g/mol. The average Bonchev–Trinajstić information content (AvgIpc) is 2.35. The standard InChI is InChI=1S/C12H17FN2O5S/c1-3-9(7-21(14,18)19)6-20-12-4-8(2)11(15(16)17)5-10(12)13/h4-5,9H,3,6-7H2,1-2H3,(H2,14,18,19). The van der Waals surface area contributed by atoms with Crippen molar-refractivity contribution in [2.24, 2.45) is 11.1 Å². The van der Waals surface area contributed by atoms with Gasteiger partial charge in [-0.3, -0.25) is 10.1 Å². The van der Waals surface area contributed by atoms with Gasteiger partial charge < -0.3 is 4.74 Å². The van der Waals surface area contributed by atoms with E-state index in [4.69, 9.17) is 9.88 Å². The maximum Gasteiger partial charge on any atom is 0.275 e. The van der Waals surface area contributed by atoms with Crippen LogP contribution >= 0.6 is 0 Å². The van der Waals surface area contributed by atoms with Crippen molar-refractivity contribution in [1.82, 2.24) is 0 Å². The van der Waals surface area contributed by atoms with E-state index in [0.29, 0.717) is 6.42 Å². The zero-order chi connectivity index (χ0) is 16.2. The lowest BCUT2D eigenvalue weighted by molar-refractivity contribution is -0.385. The summed E-state index contributed by atoms with van der Waals surface area (Å²) < 4.78 is 41.0. The Morgan fingerprint density at radius 3 is 2.57 bits per heavy atom. The molecule has 7 nitrogen and oxygen atoms in total. The van der Waals surface area contributed by atoms with E-state index in [1.807, 2.05) is 0 Å². The highest BCUT2D eigenvalue weighted by atomic mass is 32.2. The minimum Gasteiger partial charge on any atom is -0.490 e. The second-order valence-electron chi connectivity index (χ2n) is 4.74. The summed E-state index contributed by atoms with van der Waals surface area (Å²) in [6.45, 7) is 3.18. The third kappa shape index (κ3) is 5.27. The zero-order valence-corrected chi connectivity index (χ0v) is 12.5. The summed E-state index contributed by atoms with van der Waals surface area (Å²) in [5.74, 6) is -1.66. The molecule has 1 aromatic carbocycles. The van der Waals surface area contributed by atoms with E-state index in [2.05, 4.69) is 0 Å². The second kappa shape index (κ2) is 6.81. The van der Waals surface area contributed by atoms with Gasteiger partial charge in [0.05, 0.1) is 23.3 Å². The lowest BCUT2D eigenvalue weighted by atomic mass is 10.1. The fourth-order valence-electron chi connectivity index (χ4n) is 1.77. The first kappa shape index (κ1) is 17.3. The SMILES string of the molecule is CCC(COc1cc(C)c([N+](=O)[O-])cc1F)CS(N)(=O)=O. The van der Waals surface area contributed by atoms with Gasteiger partial charge in [-0.2, -0.15) is 0 Å². The van der Waals surface area contributed by atoms with Crippen molar-refractivity contribution in [1.29, 1.82) is 0 Å². The van der Waals surface area contributed by atoms with Crippen LogP contribution in [-0.2, 0) is 10.0 Å². The predicted octanol–water partition coefficient (Wildman–Crippen LogP) is 1.74. The van der Waals surface area contributed by atoms with Crippen molar-refractivity contribution in [3.8, 4) is 5.75 Å². The number of hydrogen-bond donors (Lipinski definition) is 1. The van der Waals surface area contributed by atoms with Crippen molar-refractivity contribution in [2.75, 3.05) is 12.4 Å². The zero-order valence-electron chi connectivity index (χ0n) is 11.7. The number of nitro groups is 1. The van der Waals surface area contributed by atoms with Crippen molar-refractivity contribution in [3.63, 3.8) is 0 Å². The van der Waals surface area contributed by atoms with Crippen molar-refractivity contribution in [2.45, 2.75) is 20.3 Å². The molecule has 0 aliphatic heterocycles. The maximum atomic E-state index is 13.7. The normalized spacial score (nSPS) is 13.0. The minimum absolute atomic E-state index is 0.0406. The minimum atomic E-state index is -3.64. The third-order valence-electron chi connectivity index (χ3n) is 2.97. The van der Waals surface area contributed by atoms with Crippen LogP contribution in [0.2, 0.25) is 0 Å². The lowest BCUT2D eigenvalue weighted by Crippen LogP contribution is -2.26. The number of benzene rings is 1. The molecule has 0 aromatic heterocycles. The molecule has 0 saturated heterocycles. The van der Waals surface area contributed by atoms with E-state index in [1.54, 1.807) is 6.92 Å². The number of nitrogens with zero attached hydrogens (tertiary/aromatic N) is 1. The number of halogens is 1. The van der Waals surface area contributed by atoms with Crippen molar-refractivity contribution in [3.05, 3.63) is 33.6 Å². The van der Waals surface area contributed by atoms with E-state index >= 15 is 0 Å². The fraction of sp³-hybridized carbons (Fsp3) is 0.500. The van der Waals surface area contributed by atoms with Crippen LogP contribution in [0.3, 0.4) is 0 Å². The van der Waals surface area contributed by atoms with E-state index in [9.17, 15) is 22.9 Å². The maximum absolute atomic E-state index is 13.7. The second-order valence-corrected chi connectivity index (χ2v) is 6.40. The first-order chi connectivity index (χ1) is 9.64. The number of sulfonamides is 1. The number of hydrogen-bond acceptors (Lipinski definition) is 5. The molecule has 0 heterocycles. The fourth-order valence-corrected chi connectivity index (χ4v) is 2.76. The van der Waals surface area contributed by atoms with Gasteiger partial charge in [0.25, 0.3) is 5.69 Å². The number of ether oxygens (including phenoxy) is 1. The summed E-state index contributed by atoms with van der Waals surface area (Å²) in [4.78, 5) is 9.99. The summed E-state index contributed by atoms with van der Waals surface area (Å²) in [6, 6.07) is 2.00. The average molecular weight is 320 g/mol. The van der Waals surface area contributed by atoms with Gasteiger partial charge >= 0.3 is 0 Å². The summed E-state index contributed by atoms with van der Waals surface area (Å²) in [5, 5.41) is 15.6. The molecule has 1 unspecified atom stereocenters. The monoisotopic (exact) mass is 320 g/mol. The van der Waals surface area contributed by atoms with Gasteiger partial charge in [-0.05, 0) is 19.4 Å². The van der Waals surface area contributed by atoms with Crippen LogP contribution in [0.25, 0.3) is 0 Å². The van der Waals surface area contributed by atoms with Crippen LogP contribution in [-0.4, -0.2) is 25.7 Å². The Kier molecular flexibility index (Phi) is 5.62. The Hall–Kier alpha value is -1.74. The molecule has 0 bridgehead atoms. The molecule has 0 fully saturated rings. The number of nitrogens with two attached hydrogens (primary N) is 1. The van der Waals surface area contributed by atoms with Crippen LogP contribution in [0.1, 0.15) is 18.9 Å². The summed E-state index contributed by atoms with van der Waals surface area (Å²) in [6.07, 6.45) is 0.490. The molecule has 118 valence electrons. The van der Waals surface area contributed by atoms with Gasteiger partial charge in [0.1, 0.15) is 0 Å². The molecule has 0 radical (unpaired) electrons. The molecule has 9 heteroatoms. The summed E-state index contributed by atoms with van der Waals surface area (Å²) in [5.41, 5.74) is -0.0766. The van der Waals surface area contributed by atoms with E-state index in [-0.39, 0.29) is 35.3 Å². The van der Waals surface area contributed by atoms with Crippen LogP contribution < -0.4 is 9.88 Å². The van der Waals surface area contributed by atoms with Gasteiger partial charge in [-0.1, -0.05) is 6.92 Å². The van der Waals surface area contributed by atoms with Gasteiger partial charge in [-0.25, -0.2) is 17.9 Å². The van der Waals surface area contributed by atoms with Crippen LogP contribution in [0.15, 0.2) is 12.1 Å². The first-order valence-electron chi connectivity index (χ1n) is 6.21. The largest absolute Gasteiger partial charge is 0.490 e. The molecule has 0 saturated carbocycles.